The molecule has 0 aliphatic carbocycles. The van der Waals surface area contributed by atoms with Crippen LogP contribution in [0.4, 0.5) is 5.82 Å². The second-order valence-corrected chi connectivity index (χ2v) is 4.36. The average molecular weight is 237 g/mol. The van der Waals surface area contributed by atoms with Crippen molar-refractivity contribution in [3.8, 4) is 5.88 Å². The minimum absolute atomic E-state index is 0.359. The zero-order valence-corrected chi connectivity index (χ0v) is 11.3. The molecule has 1 aromatic heterocycles. The Morgan fingerprint density at radius 1 is 1.29 bits per heavy atom. The number of hydrogen-bond acceptors (Lipinski definition) is 4. The second-order valence-electron chi connectivity index (χ2n) is 4.36. The summed E-state index contributed by atoms with van der Waals surface area (Å²) in [5, 5.41) is 3.28. The summed E-state index contributed by atoms with van der Waals surface area (Å²) in [7, 11) is 0. The van der Waals surface area contributed by atoms with Crippen LogP contribution in [0.25, 0.3) is 0 Å². The van der Waals surface area contributed by atoms with Crippen LogP contribution in [0.5, 0.6) is 5.88 Å². The predicted octanol–water partition coefficient (Wildman–Crippen LogP) is 3.04. The Kier molecular flexibility index (Phi) is 5.73. The van der Waals surface area contributed by atoms with Crippen molar-refractivity contribution >= 4 is 5.82 Å². The van der Waals surface area contributed by atoms with Gasteiger partial charge in [0.25, 0.3) is 0 Å². The lowest BCUT2D eigenvalue weighted by atomic mass is 10.3. The molecule has 0 aliphatic rings. The first kappa shape index (κ1) is 13.7. The zero-order valence-electron chi connectivity index (χ0n) is 11.3. The largest absolute Gasteiger partial charge is 0.478 e. The molecule has 0 saturated heterocycles. The molecule has 0 saturated carbocycles. The van der Waals surface area contributed by atoms with Gasteiger partial charge in [0.15, 0.2) is 0 Å². The van der Waals surface area contributed by atoms with Crippen LogP contribution in [-0.2, 0) is 6.42 Å². The van der Waals surface area contributed by atoms with E-state index in [1.165, 1.54) is 0 Å². The molecule has 0 unspecified atom stereocenters. The smallest absolute Gasteiger partial charge is 0.218 e. The van der Waals surface area contributed by atoms with Crippen molar-refractivity contribution < 1.29 is 4.74 Å². The van der Waals surface area contributed by atoms with Crippen molar-refractivity contribution in [3.05, 3.63) is 11.9 Å². The maximum Gasteiger partial charge on any atom is 0.218 e. The van der Waals surface area contributed by atoms with Crippen molar-refractivity contribution in [2.24, 2.45) is 0 Å². The number of hydrogen-bond donors (Lipinski definition) is 1. The normalized spacial score (nSPS) is 10.6. The van der Waals surface area contributed by atoms with E-state index in [0.717, 1.165) is 37.5 Å². The number of nitrogens with one attached hydrogen (secondary N) is 1. The van der Waals surface area contributed by atoms with Crippen LogP contribution >= 0.6 is 0 Å². The molecule has 0 spiro atoms. The Balaban J connectivity index is 2.74. The summed E-state index contributed by atoms with van der Waals surface area (Å²) >= 11 is 0. The highest BCUT2D eigenvalue weighted by Crippen LogP contribution is 2.15. The third-order valence-corrected chi connectivity index (χ3v) is 2.25. The Hall–Kier alpha value is -1.32. The average Bonchev–Trinajstić information content (AvgIpc) is 2.28. The van der Waals surface area contributed by atoms with Crippen LogP contribution in [0, 0.1) is 0 Å². The lowest BCUT2D eigenvalue weighted by molar-refractivity contribution is 0.296. The van der Waals surface area contributed by atoms with Crippen LogP contribution in [0.1, 0.15) is 46.4 Å². The number of anilines is 1. The van der Waals surface area contributed by atoms with Gasteiger partial charge in [-0.2, -0.15) is 4.98 Å². The molecule has 0 radical (unpaired) electrons. The van der Waals surface area contributed by atoms with Gasteiger partial charge in [0.1, 0.15) is 11.6 Å². The van der Waals surface area contributed by atoms with E-state index in [1.807, 2.05) is 13.0 Å². The van der Waals surface area contributed by atoms with Gasteiger partial charge >= 0.3 is 0 Å². The molecular formula is C13H23N3O. The van der Waals surface area contributed by atoms with Gasteiger partial charge in [-0.3, -0.25) is 0 Å². The lowest BCUT2D eigenvalue weighted by Crippen LogP contribution is -2.13. The third kappa shape index (κ3) is 5.02. The van der Waals surface area contributed by atoms with Crippen LogP contribution in [0.3, 0.4) is 0 Å². The quantitative estimate of drug-likeness (QED) is 0.740. The molecule has 0 atom stereocenters. The summed E-state index contributed by atoms with van der Waals surface area (Å²) in [5.74, 6) is 2.34. The molecule has 1 N–H and O–H groups in total. The molecule has 1 heterocycles. The predicted molar refractivity (Wildman–Crippen MR) is 70.6 cm³/mol. The topological polar surface area (TPSA) is 47.0 Å². The number of unbranched alkanes of at least 4 members (excludes halogenated alkanes) is 1. The van der Waals surface area contributed by atoms with Gasteiger partial charge in [0.05, 0.1) is 6.61 Å². The number of nitrogens with zero attached hydrogens (tertiary/aromatic N) is 2. The second kappa shape index (κ2) is 7.09. The van der Waals surface area contributed by atoms with Gasteiger partial charge in [0, 0.05) is 18.5 Å². The fraction of sp³-hybridized carbons (Fsp3) is 0.692. The molecular weight excluding hydrogens is 214 g/mol. The van der Waals surface area contributed by atoms with Crippen LogP contribution in [0.15, 0.2) is 6.07 Å². The van der Waals surface area contributed by atoms with Crippen LogP contribution in [-0.4, -0.2) is 22.6 Å². The fourth-order valence-corrected chi connectivity index (χ4v) is 1.40. The standard InChI is InChI=1S/C13H23N3O/c1-5-7-8-17-13-9-12(14-10(3)4)15-11(6-2)16-13/h9-10H,5-8H2,1-4H3,(H,14,15,16). The molecule has 96 valence electrons. The molecule has 4 nitrogen and oxygen atoms in total. The molecule has 0 aliphatic heterocycles. The number of rotatable bonds is 7. The summed E-state index contributed by atoms with van der Waals surface area (Å²) in [6, 6.07) is 2.23. The van der Waals surface area contributed by atoms with Gasteiger partial charge < -0.3 is 10.1 Å². The Labute approximate surface area is 104 Å². The van der Waals surface area contributed by atoms with Gasteiger partial charge in [-0.25, -0.2) is 4.98 Å². The van der Waals surface area contributed by atoms with Crippen LogP contribution < -0.4 is 10.1 Å². The first-order valence-corrected chi connectivity index (χ1v) is 6.43. The Morgan fingerprint density at radius 3 is 2.65 bits per heavy atom. The number of ether oxygens (including phenoxy) is 1. The van der Waals surface area contributed by atoms with E-state index in [0.29, 0.717) is 11.9 Å². The SMILES string of the molecule is CCCCOc1cc(NC(C)C)nc(CC)n1. The maximum absolute atomic E-state index is 5.62. The van der Waals surface area contributed by atoms with Gasteiger partial charge in [-0.15, -0.1) is 0 Å². The summed E-state index contributed by atoms with van der Waals surface area (Å²) in [6.07, 6.45) is 3.00. The minimum Gasteiger partial charge on any atom is -0.478 e. The monoisotopic (exact) mass is 237 g/mol. The molecule has 0 bridgehead atoms. The summed E-state index contributed by atoms with van der Waals surface area (Å²) in [5.41, 5.74) is 0. The fourth-order valence-electron chi connectivity index (χ4n) is 1.40. The molecule has 1 aromatic rings. The summed E-state index contributed by atoms with van der Waals surface area (Å²) < 4.78 is 5.62. The summed E-state index contributed by atoms with van der Waals surface area (Å²) in [4.78, 5) is 8.78. The molecule has 0 fully saturated rings. The molecule has 1 rings (SSSR count). The number of aryl methyl sites for hydroxylation is 1. The van der Waals surface area contributed by atoms with Crippen molar-refractivity contribution in [1.82, 2.24) is 9.97 Å². The van der Waals surface area contributed by atoms with Crippen molar-refractivity contribution in [2.75, 3.05) is 11.9 Å². The first-order valence-electron chi connectivity index (χ1n) is 6.43. The highest BCUT2D eigenvalue weighted by Gasteiger charge is 2.05. The van der Waals surface area contributed by atoms with E-state index in [-0.39, 0.29) is 0 Å². The van der Waals surface area contributed by atoms with E-state index in [4.69, 9.17) is 4.74 Å². The number of aromatic nitrogens is 2. The van der Waals surface area contributed by atoms with E-state index < -0.39 is 0 Å². The zero-order chi connectivity index (χ0) is 12.7. The highest BCUT2D eigenvalue weighted by molar-refractivity contribution is 5.39. The van der Waals surface area contributed by atoms with Crippen molar-refractivity contribution in [3.63, 3.8) is 0 Å². The molecule has 0 amide bonds. The highest BCUT2D eigenvalue weighted by atomic mass is 16.5. The molecule has 17 heavy (non-hydrogen) atoms. The van der Waals surface area contributed by atoms with E-state index in [2.05, 4.69) is 36.1 Å². The van der Waals surface area contributed by atoms with E-state index in [9.17, 15) is 0 Å². The molecule has 4 heteroatoms. The Morgan fingerprint density at radius 2 is 2.06 bits per heavy atom. The van der Waals surface area contributed by atoms with E-state index in [1.54, 1.807) is 0 Å². The first-order chi connectivity index (χ1) is 8.15. The van der Waals surface area contributed by atoms with Crippen LogP contribution in [0.2, 0.25) is 0 Å². The maximum atomic E-state index is 5.62. The van der Waals surface area contributed by atoms with E-state index >= 15 is 0 Å². The van der Waals surface area contributed by atoms with Gasteiger partial charge in [-0.1, -0.05) is 20.3 Å². The van der Waals surface area contributed by atoms with Crippen molar-refractivity contribution in [2.45, 2.75) is 53.0 Å². The minimum atomic E-state index is 0.359. The molecule has 0 aromatic carbocycles. The van der Waals surface area contributed by atoms with Gasteiger partial charge in [0.2, 0.25) is 5.88 Å². The Bertz CT molecular complexity index is 339. The van der Waals surface area contributed by atoms with Crippen molar-refractivity contribution in [1.29, 1.82) is 0 Å². The third-order valence-electron chi connectivity index (χ3n) is 2.25. The lowest BCUT2D eigenvalue weighted by Gasteiger charge is -2.12. The van der Waals surface area contributed by atoms with Gasteiger partial charge in [-0.05, 0) is 20.3 Å². The summed E-state index contributed by atoms with van der Waals surface area (Å²) in [6.45, 7) is 9.09.